The Morgan fingerprint density at radius 3 is 2.59 bits per heavy atom. The Kier molecular flexibility index (Phi) is 7.63. The van der Waals surface area contributed by atoms with Gasteiger partial charge in [-0.2, -0.15) is 0 Å². The summed E-state index contributed by atoms with van der Waals surface area (Å²) in [6.45, 7) is 2.87. The first kappa shape index (κ1) is 21.2. The Morgan fingerprint density at radius 1 is 1.22 bits per heavy atom. The molecule has 0 bridgehead atoms. The molecule has 0 spiro atoms. The average molecular weight is 372 g/mol. The summed E-state index contributed by atoms with van der Waals surface area (Å²) in [5.74, 6) is -0.712. The molecule has 0 aromatic heterocycles. The minimum absolute atomic E-state index is 0.0599. The van der Waals surface area contributed by atoms with Crippen LogP contribution in [0.25, 0.3) is 0 Å². The van der Waals surface area contributed by atoms with E-state index in [2.05, 4.69) is 0 Å². The van der Waals surface area contributed by atoms with Gasteiger partial charge in [-0.1, -0.05) is 23.8 Å². The highest BCUT2D eigenvalue weighted by Crippen LogP contribution is 2.36. The van der Waals surface area contributed by atoms with Crippen molar-refractivity contribution in [3.05, 3.63) is 46.1 Å². The van der Waals surface area contributed by atoms with E-state index in [9.17, 15) is 19.5 Å². The molecule has 2 rings (SSSR count). The van der Waals surface area contributed by atoms with Gasteiger partial charge in [-0.15, -0.1) is 0 Å². The van der Waals surface area contributed by atoms with Gasteiger partial charge in [0.2, 0.25) is 0 Å². The molecule has 146 valence electrons. The maximum absolute atomic E-state index is 13.2. The monoisotopic (exact) mass is 372 g/mol. The second kappa shape index (κ2) is 9.72. The zero-order chi connectivity index (χ0) is 20.0. The van der Waals surface area contributed by atoms with Crippen molar-refractivity contribution in [2.45, 2.75) is 52.4 Å². The number of allylic oxidation sites excluding steroid dienone is 7. The molecule has 5 nitrogen and oxygen atoms in total. The second-order valence-corrected chi connectivity index (χ2v) is 7.22. The van der Waals surface area contributed by atoms with Gasteiger partial charge in [-0.25, -0.2) is 0 Å². The highest BCUT2D eigenvalue weighted by atomic mass is 16.3. The van der Waals surface area contributed by atoms with E-state index in [0.29, 0.717) is 23.1 Å². The summed E-state index contributed by atoms with van der Waals surface area (Å²) in [5.41, 5.74) is 3.07. The van der Waals surface area contributed by atoms with Crippen LogP contribution in [0.5, 0.6) is 0 Å². The van der Waals surface area contributed by atoms with Gasteiger partial charge in [-0.05, 0) is 50.7 Å². The quantitative estimate of drug-likeness (QED) is 0.724. The third-order valence-corrected chi connectivity index (χ3v) is 5.39. The number of ketones is 3. The Bertz CT molecular complexity index is 749. The van der Waals surface area contributed by atoms with Crippen LogP contribution in [0, 0.1) is 5.92 Å². The molecule has 0 aromatic carbocycles. The van der Waals surface area contributed by atoms with Crippen LogP contribution in [0.15, 0.2) is 46.1 Å². The first-order chi connectivity index (χ1) is 12.9. The van der Waals surface area contributed by atoms with Crippen molar-refractivity contribution in [1.82, 2.24) is 0 Å². The zero-order valence-corrected chi connectivity index (χ0v) is 16.1. The van der Waals surface area contributed by atoms with Gasteiger partial charge < -0.3 is 10.2 Å². The lowest BCUT2D eigenvalue weighted by Crippen LogP contribution is -2.22. The van der Waals surface area contributed by atoms with Crippen molar-refractivity contribution in [3.63, 3.8) is 0 Å². The molecular formula is C22H28O5. The number of carbonyl (C=O) groups is 3. The maximum atomic E-state index is 13.2. The maximum Gasteiger partial charge on any atom is 0.189 e. The Morgan fingerprint density at radius 2 is 1.96 bits per heavy atom. The molecule has 0 aromatic rings. The Hall–Kier alpha value is -2.11. The van der Waals surface area contributed by atoms with Gasteiger partial charge in [0.15, 0.2) is 11.6 Å². The fraction of sp³-hybridized carbons (Fsp3) is 0.500. The van der Waals surface area contributed by atoms with Crippen LogP contribution in [-0.4, -0.2) is 40.8 Å². The minimum Gasteiger partial charge on any atom is -0.392 e. The summed E-state index contributed by atoms with van der Waals surface area (Å²) >= 11 is 0. The lowest BCUT2D eigenvalue weighted by atomic mass is 9.79. The Labute approximate surface area is 160 Å². The van der Waals surface area contributed by atoms with Gasteiger partial charge in [0.05, 0.1) is 6.61 Å². The fourth-order valence-corrected chi connectivity index (χ4v) is 3.90. The fourth-order valence-electron chi connectivity index (χ4n) is 3.90. The van der Waals surface area contributed by atoms with Crippen LogP contribution in [-0.2, 0) is 14.4 Å². The highest BCUT2D eigenvalue weighted by Gasteiger charge is 2.30. The van der Waals surface area contributed by atoms with Gasteiger partial charge >= 0.3 is 0 Å². The number of hydrogen-bond acceptors (Lipinski definition) is 5. The normalized spacial score (nSPS) is 25.3. The molecule has 2 aliphatic rings. The Balaban J connectivity index is 2.50. The number of rotatable bonds is 5. The first-order valence-electron chi connectivity index (χ1n) is 9.46. The van der Waals surface area contributed by atoms with Gasteiger partial charge in [0.1, 0.15) is 12.4 Å². The van der Waals surface area contributed by atoms with E-state index in [1.807, 2.05) is 13.8 Å². The molecule has 0 aliphatic heterocycles. The highest BCUT2D eigenvalue weighted by molar-refractivity contribution is 6.16. The molecule has 0 radical (unpaired) electrons. The van der Waals surface area contributed by atoms with E-state index in [1.165, 1.54) is 0 Å². The molecule has 1 fully saturated rings. The van der Waals surface area contributed by atoms with Crippen LogP contribution < -0.4 is 0 Å². The van der Waals surface area contributed by atoms with Gasteiger partial charge in [-0.3, -0.25) is 14.4 Å². The number of aliphatic hydroxyl groups excluding tert-OH is 2. The molecular weight excluding hydrogens is 344 g/mol. The van der Waals surface area contributed by atoms with E-state index in [4.69, 9.17) is 5.11 Å². The van der Waals surface area contributed by atoms with E-state index >= 15 is 0 Å². The van der Waals surface area contributed by atoms with E-state index in [-0.39, 0.29) is 42.7 Å². The summed E-state index contributed by atoms with van der Waals surface area (Å²) in [6, 6.07) is 0. The average Bonchev–Trinajstić information content (AvgIpc) is 2.80. The summed E-state index contributed by atoms with van der Waals surface area (Å²) in [7, 11) is 0. The lowest BCUT2D eigenvalue weighted by molar-refractivity contribution is -0.126. The van der Waals surface area contributed by atoms with Crippen molar-refractivity contribution in [2.75, 3.05) is 13.2 Å². The standard InChI is InChI=1S/C22H28O5/c1-3-4-6-17-10-19(25)11-18(12-23)21(22(17)27)14(2)15-7-5-8-16(9-15)20(26)13-24/h3-4,6,16,23-24H,5,7-13H2,1-2H3/b4-3-,15-14+,17-6+. The SMILES string of the molecule is C/C=C\C=C1/CC(=O)CC(CO)=C(/C(C)=C2\CCCC(C(=O)CO)C2)C1=O. The lowest BCUT2D eigenvalue weighted by Gasteiger charge is -2.25. The van der Waals surface area contributed by atoms with Crippen molar-refractivity contribution in [1.29, 1.82) is 0 Å². The van der Waals surface area contributed by atoms with Crippen LogP contribution in [0.2, 0.25) is 0 Å². The third-order valence-electron chi connectivity index (χ3n) is 5.39. The molecule has 27 heavy (non-hydrogen) atoms. The number of carbonyl (C=O) groups excluding carboxylic acids is 3. The molecule has 2 aliphatic carbocycles. The van der Waals surface area contributed by atoms with Crippen LogP contribution in [0.3, 0.4) is 0 Å². The molecule has 1 saturated carbocycles. The topological polar surface area (TPSA) is 91.7 Å². The van der Waals surface area contributed by atoms with Crippen LogP contribution >= 0.6 is 0 Å². The predicted molar refractivity (Wildman–Crippen MR) is 103 cm³/mol. The molecule has 0 amide bonds. The van der Waals surface area contributed by atoms with Gasteiger partial charge in [0, 0.05) is 29.9 Å². The molecule has 2 N–H and O–H groups in total. The smallest absolute Gasteiger partial charge is 0.189 e. The van der Waals surface area contributed by atoms with E-state index in [0.717, 1.165) is 30.4 Å². The summed E-state index contributed by atoms with van der Waals surface area (Å²) in [4.78, 5) is 37.3. The van der Waals surface area contributed by atoms with Crippen molar-refractivity contribution in [3.8, 4) is 0 Å². The number of Topliss-reactive ketones (excluding diaryl/α,β-unsaturated/α-hetero) is 3. The van der Waals surface area contributed by atoms with Crippen LogP contribution in [0.4, 0.5) is 0 Å². The van der Waals surface area contributed by atoms with E-state index < -0.39 is 6.61 Å². The van der Waals surface area contributed by atoms with Crippen molar-refractivity contribution in [2.24, 2.45) is 5.92 Å². The predicted octanol–water partition coefficient (Wildman–Crippen LogP) is 2.78. The zero-order valence-electron chi connectivity index (χ0n) is 16.1. The second-order valence-electron chi connectivity index (χ2n) is 7.22. The van der Waals surface area contributed by atoms with Gasteiger partial charge in [0.25, 0.3) is 0 Å². The molecule has 1 unspecified atom stereocenters. The minimum atomic E-state index is -0.467. The molecule has 5 heteroatoms. The summed E-state index contributed by atoms with van der Waals surface area (Å²) in [6.07, 6.45) is 8.17. The van der Waals surface area contributed by atoms with Crippen molar-refractivity contribution >= 4 is 17.3 Å². The van der Waals surface area contributed by atoms with Crippen molar-refractivity contribution < 1.29 is 24.6 Å². The summed E-state index contributed by atoms with van der Waals surface area (Å²) < 4.78 is 0. The van der Waals surface area contributed by atoms with Crippen LogP contribution in [0.1, 0.15) is 52.4 Å². The number of aliphatic hydroxyl groups is 2. The molecule has 0 saturated heterocycles. The third kappa shape index (κ3) is 4.99. The summed E-state index contributed by atoms with van der Waals surface area (Å²) in [5, 5.41) is 19.0. The first-order valence-corrected chi connectivity index (χ1v) is 9.46. The van der Waals surface area contributed by atoms with E-state index in [1.54, 1.807) is 18.2 Å². The largest absolute Gasteiger partial charge is 0.392 e. The molecule has 0 heterocycles. The number of hydrogen-bond donors (Lipinski definition) is 2. The molecule has 1 atom stereocenters.